The zero-order valence-electron chi connectivity index (χ0n) is 11.6. The van der Waals surface area contributed by atoms with Crippen molar-refractivity contribution in [1.82, 2.24) is 4.90 Å². The lowest BCUT2D eigenvalue weighted by atomic mass is 10.1. The van der Waals surface area contributed by atoms with Crippen molar-refractivity contribution in [1.29, 1.82) is 0 Å². The molecule has 0 spiro atoms. The topological polar surface area (TPSA) is 46.3 Å². The monoisotopic (exact) mass is 410 g/mol. The van der Waals surface area contributed by atoms with E-state index in [0.717, 1.165) is 14.5 Å². The zero-order valence-corrected chi connectivity index (χ0v) is 14.8. The third-order valence-electron chi connectivity index (χ3n) is 3.15. The number of anilines is 1. The summed E-state index contributed by atoms with van der Waals surface area (Å²) in [6, 6.07) is 13.2. The van der Waals surface area contributed by atoms with Gasteiger partial charge in [-0.25, -0.2) is 0 Å². The van der Waals surface area contributed by atoms with Crippen molar-refractivity contribution >= 4 is 43.5 Å². The van der Waals surface area contributed by atoms with Crippen LogP contribution in [-0.2, 0) is 6.54 Å². The average molecular weight is 412 g/mol. The van der Waals surface area contributed by atoms with E-state index in [1.165, 1.54) is 0 Å². The molecule has 110 valence electrons. The van der Waals surface area contributed by atoms with Crippen molar-refractivity contribution in [3.63, 3.8) is 0 Å². The Labute approximate surface area is 141 Å². The number of hydrogen-bond acceptors (Lipinski definition) is 2. The minimum Gasteiger partial charge on any atom is -0.399 e. The number of nitrogens with zero attached hydrogens (tertiary/aromatic N) is 1. The summed E-state index contributed by atoms with van der Waals surface area (Å²) in [5.74, 6) is -0.000649. The van der Waals surface area contributed by atoms with Gasteiger partial charge in [0.1, 0.15) is 0 Å². The maximum Gasteiger partial charge on any atom is 0.255 e. The molecule has 0 aliphatic heterocycles. The molecule has 21 heavy (non-hydrogen) atoms. The van der Waals surface area contributed by atoms with Gasteiger partial charge >= 0.3 is 0 Å². The fourth-order valence-corrected chi connectivity index (χ4v) is 3.29. The number of benzene rings is 2. The van der Waals surface area contributed by atoms with E-state index < -0.39 is 0 Å². The van der Waals surface area contributed by atoms with E-state index in [1.54, 1.807) is 4.90 Å². The van der Waals surface area contributed by atoms with E-state index in [-0.39, 0.29) is 5.91 Å². The van der Waals surface area contributed by atoms with E-state index in [2.05, 4.69) is 31.9 Å². The minimum atomic E-state index is -0.000649. The molecular formula is C16H16Br2N2O. The highest BCUT2D eigenvalue weighted by molar-refractivity contribution is 9.11. The van der Waals surface area contributed by atoms with E-state index in [9.17, 15) is 4.79 Å². The summed E-state index contributed by atoms with van der Waals surface area (Å²) in [4.78, 5) is 14.4. The van der Waals surface area contributed by atoms with Gasteiger partial charge in [0.2, 0.25) is 0 Å². The van der Waals surface area contributed by atoms with Crippen LogP contribution in [0.4, 0.5) is 5.69 Å². The number of hydrogen-bond donors (Lipinski definition) is 1. The first-order chi connectivity index (χ1) is 10.0. The second kappa shape index (κ2) is 7.09. The van der Waals surface area contributed by atoms with Gasteiger partial charge in [0.25, 0.3) is 5.91 Å². The van der Waals surface area contributed by atoms with Crippen molar-refractivity contribution in [2.75, 3.05) is 12.3 Å². The Bertz CT molecular complexity index is 658. The Morgan fingerprint density at radius 3 is 2.57 bits per heavy atom. The van der Waals surface area contributed by atoms with Gasteiger partial charge in [0.05, 0.1) is 5.56 Å². The van der Waals surface area contributed by atoms with E-state index >= 15 is 0 Å². The van der Waals surface area contributed by atoms with Crippen molar-refractivity contribution < 1.29 is 4.79 Å². The first-order valence-corrected chi connectivity index (χ1v) is 8.18. The number of carbonyl (C=O) groups is 1. The van der Waals surface area contributed by atoms with Crippen LogP contribution >= 0.6 is 31.9 Å². The number of carbonyl (C=O) groups excluding carboxylic acids is 1. The van der Waals surface area contributed by atoms with Gasteiger partial charge in [-0.15, -0.1) is 0 Å². The average Bonchev–Trinajstić information content (AvgIpc) is 2.44. The first-order valence-electron chi connectivity index (χ1n) is 6.60. The molecule has 0 aliphatic carbocycles. The summed E-state index contributed by atoms with van der Waals surface area (Å²) < 4.78 is 1.72. The van der Waals surface area contributed by atoms with Crippen LogP contribution in [0.3, 0.4) is 0 Å². The Morgan fingerprint density at radius 1 is 1.19 bits per heavy atom. The molecule has 2 aromatic carbocycles. The number of nitrogen functional groups attached to an aromatic ring is 1. The van der Waals surface area contributed by atoms with E-state index in [0.29, 0.717) is 24.3 Å². The van der Waals surface area contributed by atoms with Crippen LogP contribution < -0.4 is 5.73 Å². The quantitative estimate of drug-likeness (QED) is 0.755. The number of halogens is 2. The molecule has 0 radical (unpaired) electrons. The first kappa shape index (κ1) is 16.0. The fourth-order valence-electron chi connectivity index (χ4n) is 2.07. The molecular weight excluding hydrogens is 396 g/mol. The molecule has 0 saturated heterocycles. The Kier molecular flexibility index (Phi) is 5.42. The van der Waals surface area contributed by atoms with Crippen LogP contribution in [0.5, 0.6) is 0 Å². The van der Waals surface area contributed by atoms with Crippen molar-refractivity contribution in [3.05, 3.63) is 62.5 Å². The van der Waals surface area contributed by atoms with Crippen molar-refractivity contribution in [2.24, 2.45) is 0 Å². The molecule has 0 atom stereocenters. The highest BCUT2D eigenvalue weighted by atomic mass is 79.9. The van der Waals surface area contributed by atoms with Crippen LogP contribution in [-0.4, -0.2) is 17.4 Å². The summed E-state index contributed by atoms with van der Waals surface area (Å²) in [7, 11) is 0. The smallest absolute Gasteiger partial charge is 0.255 e. The van der Waals surface area contributed by atoms with Crippen LogP contribution in [0.2, 0.25) is 0 Å². The third-order valence-corrected chi connectivity index (χ3v) is 4.30. The van der Waals surface area contributed by atoms with Gasteiger partial charge in [-0.3, -0.25) is 4.79 Å². The van der Waals surface area contributed by atoms with Crippen molar-refractivity contribution in [3.8, 4) is 0 Å². The van der Waals surface area contributed by atoms with E-state index in [4.69, 9.17) is 5.73 Å². The number of nitrogens with two attached hydrogens (primary N) is 1. The largest absolute Gasteiger partial charge is 0.399 e. The lowest BCUT2D eigenvalue weighted by molar-refractivity contribution is 0.0751. The van der Waals surface area contributed by atoms with Gasteiger partial charge in [-0.2, -0.15) is 0 Å². The van der Waals surface area contributed by atoms with Crippen LogP contribution in [0.1, 0.15) is 22.8 Å². The molecule has 0 unspecified atom stereocenters. The zero-order chi connectivity index (χ0) is 15.4. The normalized spacial score (nSPS) is 10.4. The minimum absolute atomic E-state index is 0.000649. The molecule has 0 heterocycles. The third kappa shape index (κ3) is 4.08. The predicted octanol–water partition coefficient (Wildman–Crippen LogP) is 4.46. The van der Waals surface area contributed by atoms with Crippen LogP contribution in [0.25, 0.3) is 0 Å². The highest BCUT2D eigenvalue weighted by Gasteiger charge is 2.17. The molecule has 0 fully saturated rings. The molecule has 1 amide bonds. The highest BCUT2D eigenvalue weighted by Crippen LogP contribution is 2.24. The van der Waals surface area contributed by atoms with E-state index in [1.807, 2.05) is 49.4 Å². The van der Waals surface area contributed by atoms with Crippen LogP contribution in [0, 0.1) is 0 Å². The fraction of sp³-hybridized carbons (Fsp3) is 0.188. The second-order valence-corrected chi connectivity index (χ2v) is 6.46. The summed E-state index contributed by atoms with van der Waals surface area (Å²) in [6.07, 6.45) is 0. The van der Waals surface area contributed by atoms with Gasteiger partial charge in [0.15, 0.2) is 0 Å². The molecule has 0 bridgehead atoms. The van der Waals surface area contributed by atoms with Crippen LogP contribution in [0.15, 0.2) is 51.4 Å². The summed E-state index contributed by atoms with van der Waals surface area (Å²) in [6.45, 7) is 3.15. The van der Waals surface area contributed by atoms with Gasteiger partial charge in [0, 0.05) is 27.7 Å². The Balaban J connectivity index is 2.22. The molecule has 2 aromatic rings. The molecule has 3 nitrogen and oxygen atoms in total. The maximum absolute atomic E-state index is 12.6. The molecule has 2 rings (SSSR count). The number of amides is 1. The lowest BCUT2D eigenvalue weighted by Gasteiger charge is -2.22. The molecule has 0 saturated carbocycles. The summed E-state index contributed by atoms with van der Waals surface area (Å²) >= 11 is 6.84. The van der Waals surface area contributed by atoms with Gasteiger partial charge in [-0.05, 0) is 58.7 Å². The molecule has 0 aromatic heterocycles. The maximum atomic E-state index is 12.6. The second-order valence-electron chi connectivity index (χ2n) is 4.69. The molecule has 5 heteroatoms. The lowest BCUT2D eigenvalue weighted by Crippen LogP contribution is -2.30. The summed E-state index contributed by atoms with van der Waals surface area (Å²) in [5, 5.41) is 0. The molecule has 2 N–H and O–H groups in total. The van der Waals surface area contributed by atoms with Crippen molar-refractivity contribution in [2.45, 2.75) is 13.5 Å². The SMILES string of the molecule is CCN(Cc1cccc(N)c1)C(=O)c1ccc(Br)cc1Br. The van der Waals surface area contributed by atoms with Gasteiger partial charge < -0.3 is 10.6 Å². The molecule has 0 aliphatic rings. The Hall–Kier alpha value is -1.33. The summed E-state index contributed by atoms with van der Waals surface area (Å²) in [5.41, 5.74) is 8.18. The van der Waals surface area contributed by atoms with Gasteiger partial charge in [-0.1, -0.05) is 28.1 Å². The predicted molar refractivity (Wildman–Crippen MR) is 93.1 cm³/mol. The number of rotatable bonds is 4. The Morgan fingerprint density at radius 2 is 1.95 bits per heavy atom. The standard InChI is InChI=1S/C16H16Br2N2O/c1-2-20(10-11-4-3-5-13(19)8-11)16(21)14-7-6-12(17)9-15(14)18/h3-9H,2,10,19H2,1H3.